The molecule has 1 N–H and O–H groups in total. The number of fused-ring (bicyclic) bond motifs is 1. The SMILES string of the molecule is C1=C(CCNC2CCCC2)CC2=C1C=C1CCCC=C1C2. The minimum Gasteiger partial charge on any atom is -0.314 e. The number of hydrogen-bond donors (Lipinski definition) is 1. The van der Waals surface area contributed by atoms with Crippen LogP contribution >= 0.6 is 0 Å². The molecule has 0 radical (unpaired) electrons. The van der Waals surface area contributed by atoms with Gasteiger partial charge in [0.1, 0.15) is 0 Å². The Labute approximate surface area is 128 Å². The van der Waals surface area contributed by atoms with Crippen LogP contribution in [0.25, 0.3) is 0 Å². The van der Waals surface area contributed by atoms with Crippen LogP contribution in [-0.4, -0.2) is 12.6 Å². The Morgan fingerprint density at radius 3 is 2.81 bits per heavy atom. The zero-order chi connectivity index (χ0) is 14.1. The van der Waals surface area contributed by atoms with Gasteiger partial charge in [0.25, 0.3) is 0 Å². The summed E-state index contributed by atoms with van der Waals surface area (Å²) in [7, 11) is 0. The Morgan fingerprint density at radius 1 is 1.00 bits per heavy atom. The van der Waals surface area contributed by atoms with Crippen molar-refractivity contribution in [2.75, 3.05) is 6.54 Å². The monoisotopic (exact) mass is 281 g/mol. The molecule has 0 unspecified atom stereocenters. The lowest BCUT2D eigenvalue weighted by Gasteiger charge is -2.22. The molecule has 0 saturated heterocycles. The molecule has 1 heteroatoms. The second kappa shape index (κ2) is 5.96. The van der Waals surface area contributed by atoms with Gasteiger partial charge in [0.05, 0.1) is 0 Å². The van der Waals surface area contributed by atoms with Gasteiger partial charge in [0.2, 0.25) is 0 Å². The molecule has 0 aromatic rings. The first kappa shape index (κ1) is 13.6. The van der Waals surface area contributed by atoms with E-state index in [0.29, 0.717) is 0 Å². The third-order valence-corrected chi connectivity index (χ3v) is 5.63. The van der Waals surface area contributed by atoms with Gasteiger partial charge in [-0.2, -0.15) is 0 Å². The predicted octanol–water partition coefficient (Wildman–Crippen LogP) is 4.98. The third kappa shape index (κ3) is 2.94. The van der Waals surface area contributed by atoms with E-state index in [1.54, 1.807) is 27.9 Å². The maximum atomic E-state index is 3.75. The zero-order valence-electron chi connectivity index (χ0n) is 13.1. The number of allylic oxidation sites excluding steroid dienone is 7. The summed E-state index contributed by atoms with van der Waals surface area (Å²) >= 11 is 0. The molecule has 0 atom stereocenters. The molecular weight excluding hydrogens is 254 g/mol. The zero-order valence-corrected chi connectivity index (χ0v) is 13.1. The molecule has 0 aromatic carbocycles. The van der Waals surface area contributed by atoms with E-state index in [0.717, 1.165) is 6.04 Å². The van der Waals surface area contributed by atoms with Crippen LogP contribution in [0.3, 0.4) is 0 Å². The van der Waals surface area contributed by atoms with Crippen molar-refractivity contribution in [2.45, 2.75) is 70.3 Å². The van der Waals surface area contributed by atoms with Crippen molar-refractivity contribution >= 4 is 0 Å². The van der Waals surface area contributed by atoms with Crippen molar-refractivity contribution in [3.05, 3.63) is 46.1 Å². The molecule has 0 bridgehead atoms. The highest BCUT2D eigenvalue weighted by Crippen LogP contribution is 2.41. The van der Waals surface area contributed by atoms with E-state index < -0.39 is 0 Å². The molecule has 4 aliphatic rings. The average Bonchev–Trinajstić information content (AvgIpc) is 3.13. The third-order valence-electron chi connectivity index (χ3n) is 5.63. The predicted molar refractivity (Wildman–Crippen MR) is 89.2 cm³/mol. The highest BCUT2D eigenvalue weighted by atomic mass is 14.9. The van der Waals surface area contributed by atoms with Crippen LogP contribution in [0, 0.1) is 0 Å². The van der Waals surface area contributed by atoms with Crippen LogP contribution in [0.5, 0.6) is 0 Å². The highest BCUT2D eigenvalue weighted by Gasteiger charge is 2.23. The summed E-state index contributed by atoms with van der Waals surface area (Å²) in [5.74, 6) is 0. The molecule has 112 valence electrons. The van der Waals surface area contributed by atoms with E-state index in [4.69, 9.17) is 0 Å². The molecule has 0 amide bonds. The van der Waals surface area contributed by atoms with Crippen molar-refractivity contribution in [1.29, 1.82) is 0 Å². The normalized spacial score (nSPS) is 25.4. The van der Waals surface area contributed by atoms with Gasteiger partial charge in [0, 0.05) is 6.04 Å². The standard InChI is InChI=1S/C20H27N/c1-2-6-17-14-19-12-15(11-18(19)13-16(17)5-1)9-10-21-20-7-3-4-8-20/h5,12,14,20-21H,1-4,6-11,13H2. The van der Waals surface area contributed by atoms with Crippen molar-refractivity contribution in [2.24, 2.45) is 0 Å². The second-order valence-electron chi connectivity index (χ2n) is 7.19. The summed E-state index contributed by atoms with van der Waals surface area (Å²) < 4.78 is 0. The van der Waals surface area contributed by atoms with Crippen LogP contribution in [0.4, 0.5) is 0 Å². The van der Waals surface area contributed by atoms with E-state index in [1.807, 2.05) is 0 Å². The molecule has 0 aromatic heterocycles. The Kier molecular flexibility index (Phi) is 3.85. The Bertz CT molecular complexity index is 538. The van der Waals surface area contributed by atoms with Gasteiger partial charge in [-0.1, -0.05) is 42.2 Å². The summed E-state index contributed by atoms with van der Waals surface area (Å²) in [4.78, 5) is 0. The maximum Gasteiger partial charge on any atom is 0.00671 e. The van der Waals surface area contributed by atoms with E-state index in [1.165, 1.54) is 70.8 Å². The molecule has 0 heterocycles. The van der Waals surface area contributed by atoms with Crippen molar-refractivity contribution < 1.29 is 0 Å². The Hall–Kier alpha value is -1.08. The lowest BCUT2D eigenvalue weighted by atomic mass is 9.83. The van der Waals surface area contributed by atoms with Gasteiger partial charge < -0.3 is 5.32 Å². The van der Waals surface area contributed by atoms with Gasteiger partial charge in [-0.15, -0.1) is 0 Å². The van der Waals surface area contributed by atoms with Crippen molar-refractivity contribution in [3.63, 3.8) is 0 Å². The van der Waals surface area contributed by atoms with Gasteiger partial charge in [-0.25, -0.2) is 0 Å². The van der Waals surface area contributed by atoms with Crippen LogP contribution in [0.1, 0.15) is 64.2 Å². The van der Waals surface area contributed by atoms with Gasteiger partial charge >= 0.3 is 0 Å². The molecule has 4 aliphatic carbocycles. The lowest BCUT2D eigenvalue weighted by Crippen LogP contribution is -2.27. The van der Waals surface area contributed by atoms with Gasteiger partial charge in [-0.05, 0) is 74.6 Å². The Balaban J connectivity index is 1.33. The van der Waals surface area contributed by atoms with Gasteiger partial charge in [-0.3, -0.25) is 0 Å². The van der Waals surface area contributed by atoms with Gasteiger partial charge in [0.15, 0.2) is 0 Å². The first-order chi connectivity index (χ1) is 10.4. The maximum absolute atomic E-state index is 3.75. The molecule has 0 spiro atoms. The molecule has 21 heavy (non-hydrogen) atoms. The van der Waals surface area contributed by atoms with Crippen LogP contribution in [0.2, 0.25) is 0 Å². The summed E-state index contributed by atoms with van der Waals surface area (Å²) in [6, 6.07) is 0.810. The summed E-state index contributed by atoms with van der Waals surface area (Å²) in [6.45, 7) is 1.18. The fourth-order valence-electron chi connectivity index (χ4n) is 4.41. The number of hydrogen-bond acceptors (Lipinski definition) is 1. The molecular formula is C20H27N. The minimum atomic E-state index is 0.810. The second-order valence-corrected chi connectivity index (χ2v) is 7.19. The molecule has 4 rings (SSSR count). The van der Waals surface area contributed by atoms with Crippen LogP contribution in [0.15, 0.2) is 46.1 Å². The van der Waals surface area contributed by atoms with E-state index in [-0.39, 0.29) is 0 Å². The Morgan fingerprint density at radius 2 is 1.90 bits per heavy atom. The minimum absolute atomic E-state index is 0.810. The summed E-state index contributed by atoms with van der Waals surface area (Å²) in [5, 5.41) is 3.75. The lowest BCUT2D eigenvalue weighted by molar-refractivity contribution is 0.526. The fraction of sp³-hybridized carbons (Fsp3) is 0.600. The van der Waals surface area contributed by atoms with Crippen LogP contribution in [-0.2, 0) is 0 Å². The van der Waals surface area contributed by atoms with E-state index in [2.05, 4.69) is 23.5 Å². The smallest absolute Gasteiger partial charge is 0.00671 e. The largest absolute Gasteiger partial charge is 0.314 e. The van der Waals surface area contributed by atoms with E-state index in [9.17, 15) is 0 Å². The van der Waals surface area contributed by atoms with Crippen molar-refractivity contribution in [3.8, 4) is 0 Å². The number of nitrogens with one attached hydrogen (secondary N) is 1. The average molecular weight is 281 g/mol. The fourth-order valence-corrected chi connectivity index (χ4v) is 4.41. The topological polar surface area (TPSA) is 12.0 Å². The van der Waals surface area contributed by atoms with Crippen molar-refractivity contribution in [1.82, 2.24) is 5.32 Å². The van der Waals surface area contributed by atoms with E-state index >= 15 is 0 Å². The molecule has 0 aliphatic heterocycles. The first-order valence-electron chi connectivity index (χ1n) is 8.93. The number of rotatable bonds is 4. The molecule has 1 nitrogen and oxygen atoms in total. The molecule has 1 saturated carbocycles. The summed E-state index contributed by atoms with van der Waals surface area (Å²) in [5.41, 5.74) is 8.16. The van der Waals surface area contributed by atoms with Crippen LogP contribution < -0.4 is 5.32 Å². The highest BCUT2D eigenvalue weighted by molar-refractivity contribution is 5.56. The summed E-state index contributed by atoms with van der Waals surface area (Å²) in [6.07, 6.45) is 20.8. The molecule has 1 fully saturated rings. The first-order valence-corrected chi connectivity index (χ1v) is 8.93. The quantitative estimate of drug-likeness (QED) is 0.766.